The van der Waals surface area contributed by atoms with Gasteiger partial charge in [-0.1, -0.05) is 36.2 Å². The van der Waals surface area contributed by atoms with E-state index in [-0.39, 0.29) is 16.8 Å². The molecule has 1 atom stereocenters. The van der Waals surface area contributed by atoms with E-state index in [4.69, 9.17) is 37.4 Å². The zero-order valence-electron chi connectivity index (χ0n) is 14.7. The van der Waals surface area contributed by atoms with Crippen LogP contribution in [0.15, 0.2) is 30.5 Å². The van der Waals surface area contributed by atoms with Crippen molar-refractivity contribution in [2.75, 3.05) is 14.2 Å². The molecule has 0 saturated heterocycles. The molecule has 0 bridgehead atoms. The minimum absolute atomic E-state index is 0.171. The van der Waals surface area contributed by atoms with Crippen molar-refractivity contribution in [3.63, 3.8) is 0 Å². The lowest BCUT2D eigenvalue weighted by molar-refractivity contribution is -0.128. The second-order valence-electron chi connectivity index (χ2n) is 5.36. The lowest BCUT2D eigenvalue weighted by Gasteiger charge is -2.17. The van der Waals surface area contributed by atoms with Gasteiger partial charge in [-0.15, -0.1) is 0 Å². The Balaban J connectivity index is 2.00. The average molecular weight is 399 g/mol. The molecule has 0 aliphatic rings. The minimum atomic E-state index is -0.721. The van der Waals surface area contributed by atoms with Crippen LogP contribution in [-0.4, -0.2) is 31.2 Å². The highest BCUT2D eigenvalue weighted by atomic mass is 35.5. The van der Waals surface area contributed by atoms with E-state index in [1.807, 2.05) is 13.0 Å². The molecule has 26 heavy (non-hydrogen) atoms. The van der Waals surface area contributed by atoms with Crippen molar-refractivity contribution in [3.8, 4) is 17.4 Å². The van der Waals surface area contributed by atoms with Crippen LogP contribution in [0.2, 0.25) is 10.0 Å². The number of hydrogen-bond acceptors (Lipinski definition) is 5. The lowest BCUT2D eigenvalue weighted by Crippen LogP contribution is -2.37. The van der Waals surface area contributed by atoms with E-state index >= 15 is 0 Å². The number of hydrogen-bond donors (Lipinski definition) is 1. The van der Waals surface area contributed by atoms with Crippen molar-refractivity contribution in [1.82, 2.24) is 10.3 Å². The number of aromatic nitrogens is 1. The van der Waals surface area contributed by atoms with Crippen LogP contribution in [0, 0.1) is 0 Å². The second-order valence-corrected chi connectivity index (χ2v) is 6.21. The van der Waals surface area contributed by atoms with Gasteiger partial charge < -0.3 is 19.5 Å². The highest BCUT2D eigenvalue weighted by molar-refractivity contribution is 6.35. The molecular formula is C18H20Cl2N2O4. The molecule has 0 aliphatic carbocycles. The van der Waals surface area contributed by atoms with Gasteiger partial charge in [-0.2, -0.15) is 0 Å². The summed E-state index contributed by atoms with van der Waals surface area (Å²) in [5.41, 5.74) is 0.869. The third-order valence-electron chi connectivity index (χ3n) is 3.61. The topological polar surface area (TPSA) is 69.7 Å². The molecule has 1 N–H and O–H groups in total. The van der Waals surface area contributed by atoms with Gasteiger partial charge in [-0.25, -0.2) is 4.98 Å². The van der Waals surface area contributed by atoms with Crippen molar-refractivity contribution >= 4 is 29.1 Å². The number of rotatable bonds is 8. The number of benzene rings is 1. The van der Waals surface area contributed by atoms with E-state index in [1.54, 1.807) is 26.4 Å². The van der Waals surface area contributed by atoms with E-state index in [0.29, 0.717) is 29.5 Å². The number of methoxy groups -OCH3 is 2. The Kier molecular flexibility index (Phi) is 7.36. The van der Waals surface area contributed by atoms with Crippen LogP contribution >= 0.6 is 23.2 Å². The molecule has 6 nitrogen and oxygen atoms in total. The third-order valence-corrected chi connectivity index (χ3v) is 4.08. The van der Waals surface area contributed by atoms with Crippen LogP contribution in [-0.2, 0) is 11.3 Å². The van der Waals surface area contributed by atoms with Gasteiger partial charge in [0.25, 0.3) is 5.91 Å². The van der Waals surface area contributed by atoms with Gasteiger partial charge >= 0.3 is 0 Å². The van der Waals surface area contributed by atoms with Gasteiger partial charge in [-0.3, -0.25) is 4.79 Å². The first-order valence-electron chi connectivity index (χ1n) is 7.94. The molecule has 0 saturated carbocycles. The van der Waals surface area contributed by atoms with E-state index in [1.165, 1.54) is 12.3 Å². The number of carbonyl (C=O) groups is 1. The molecule has 2 rings (SSSR count). The number of nitrogens with zero attached hydrogens (tertiary/aromatic N) is 1. The third kappa shape index (κ3) is 5.16. The Hall–Kier alpha value is -2.18. The van der Waals surface area contributed by atoms with E-state index < -0.39 is 6.10 Å². The molecule has 0 radical (unpaired) electrons. The second kappa shape index (κ2) is 9.50. The van der Waals surface area contributed by atoms with Crippen molar-refractivity contribution in [2.24, 2.45) is 0 Å². The van der Waals surface area contributed by atoms with Crippen LogP contribution in [0.1, 0.15) is 18.9 Å². The maximum atomic E-state index is 12.4. The van der Waals surface area contributed by atoms with Crippen LogP contribution in [0.3, 0.4) is 0 Å². The molecule has 1 amide bonds. The normalized spacial score (nSPS) is 11.6. The standard InChI is InChI=1S/C18H20Cl2N2O4/c1-4-14(26-18-13(20)8-12(19)10-22-18)17(23)21-9-11-5-6-15(24-2)16(7-11)25-3/h5-8,10,14H,4,9H2,1-3H3,(H,21,23). The Bertz CT molecular complexity index is 771. The van der Waals surface area contributed by atoms with Crippen LogP contribution in [0.5, 0.6) is 17.4 Å². The first kappa shape index (κ1) is 20.1. The van der Waals surface area contributed by atoms with Gasteiger partial charge in [-0.05, 0) is 30.2 Å². The van der Waals surface area contributed by atoms with E-state index in [2.05, 4.69) is 10.3 Å². The van der Waals surface area contributed by atoms with Crippen LogP contribution < -0.4 is 19.5 Å². The van der Waals surface area contributed by atoms with Gasteiger partial charge in [0.05, 0.1) is 19.2 Å². The number of pyridine rings is 1. The zero-order chi connectivity index (χ0) is 19.1. The molecule has 0 fully saturated rings. The average Bonchev–Trinajstić information content (AvgIpc) is 2.65. The van der Waals surface area contributed by atoms with E-state index in [9.17, 15) is 4.79 Å². The molecular weight excluding hydrogens is 379 g/mol. The summed E-state index contributed by atoms with van der Waals surface area (Å²) in [6.45, 7) is 2.16. The summed E-state index contributed by atoms with van der Waals surface area (Å²) in [6, 6.07) is 6.95. The maximum absolute atomic E-state index is 12.4. The highest BCUT2D eigenvalue weighted by Gasteiger charge is 2.20. The predicted molar refractivity (Wildman–Crippen MR) is 100 cm³/mol. The molecule has 1 aromatic heterocycles. The maximum Gasteiger partial charge on any atom is 0.261 e. The minimum Gasteiger partial charge on any atom is -0.493 e. The molecule has 1 unspecified atom stereocenters. The molecule has 8 heteroatoms. The largest absolute Gasteiger partial charge is 0.493 e. The fourth-order valence-corrected chi connectivity index (χ4v) is 2.66. The predicted octanol–water partition coefficient (Wildman–Crippen LogP) is 3.88. The Morgan fingerprint density at radius 2 is 1.92 bits per heavy atom. The van der Waals surface area contributed by atoms with Crippen molar-refractivity contribution in [2.45, 2.75) is 26.0 Å². The number of amides is 1. The quantitative estimate of drug-likeness (QED) is 0.730. The van der Waals surface area contributed by atoms with Gasteiger partial charge in [0.15, 0.2) is 17.6 Å². The van der Waals surface area contributed by atoms with E-state index in [0.717, 1.165) is 5.56 Å². The van der Waals surface area contributed by atoms with Crippen LogP contribution in [0.4, 0.5) is 0 Å². The fraction of sp³-hybridized carbons (Fsp3) is 0.333. The summed E-state index contributed by atoms with van der Waals surface area (Å²) in [5.74, 6) is 1.12. The number of halogens is 2. The fourth-order valence-electron chi connectivity index (χ4n) is 2.24. The van der Waals surface area contributed by atoms with Gasteiger partial charge in [0.1, 0.15) is 5.02 Å². The zero-order valence-corrected chi connectivity index (χ0v) is 16.2. The lowest BCUT2D eigenvalue weighted by atomic mass is 10.2. The monoisotopic (exact) mass is 398 g/mol. The smallest absolute Gasteiger partial charge is 0.261 e. The summed E-state index contributed by atoms with van der Waals surface area (Å²) in [7, 11) is 3.13. The summed E-state index contributed by atoms with van der Waals surface area (Å²) in [4.78, 5) is 16.4. The SMILES string of the molecule is CCC(Oc1ncc(Cl)cc1Cl)C(=O)NCc1ccc(OC)c(OC)c1. The Labute approximate surface area is 162 Å². The highest BCUT2D eigenvalue weighted by Crippen LogP contribution is 2.28. The van der Waals surface area contributed by atoms with Crippen molar-refractivity contribution < 1.29 is 19.0 Å². The number of carbonyl (C=O) groups excluding carboxylic acids is 1. The summed E-state index contributed by atoms with van der Waals surface area (Å²) in [5, 5.41) is 3.48. The first-order chi connectivity index (χ1) is 12.5. The molecule has 1 aromatic carbocycles. The molecule has 140 valence electrons. The summed E-state index contributed by atoms with van der Waals surface area (Å²) < 4.78 is 16.1. The first-order valence-corrected chi connectivity index (χ1v) is 8.70. The number of nitrogens with one attached hydrogen (secondary N) is 1. The van der Waals surface area contributed by atoms with Gasteiger partial charge in [0.2, 0.25) is 5.88 Å². The van der Waals surface area contributed by atoms with Crippen LogP contribution in [0.25, 0.3) is 0 Å². The Morgan fingerprint density at radius 3 is 2.54 bits per heavy atom. The Morgan fingerprint density at radius 1 is 1.19 bits per heavy atom. The molecule has 0 aliphatic heterocycles. The van der Waals surface area contributed by atoms with Crippen molar-refractivity contribution in [1.29, 1.82) is 0 Å². The van der Waals surface area contributed by atoms with Gasteiger partial charge in [0, 0.05) is 12.7 Å². The summed E-state index contributed by atoms with van der Waals surface area (Å²) >= 11 is 11.9. The molecule has 0 spiro atoms. The molecule has 2 aromatic rings. The number of ether oxygens (including phenoxy) is 3. The van der Waals surface area contributed by atoms with Crippen molar-refractivity contribution in [3.05, 3.63) is 46.1 Å². The summed E-state index contributed by atoms with van der Waals surface area (Å²) in [6.07, 6.45) is 1.15. The molecule has 1 heterocycles.